The Hall–Kier alpha value is -2.09. The van der Waals surface area contributed by atoms with Gasteiger partial charge in [0.25, 0.3) is 0 Å². The first kappa shape index (κ1) is 24.2. The average Bonchev–Trinajstić information content (AvgIpc) is 3.01. The van der Waals surface area contributed by atoms with Crippen molar-refractivity contribution in [2.24, 2.45) is 10.9 Å². The molecule has 2 heteroatoms. The number of rotatable bonds is 5. The Kier molecular flexibility index (Phi) is 10.7. The maximum absolute atomic E-state index is 4.28. The van der Waals surface area contributed by atoms with Gasteiger partial charge in [-0.15, -0.1) is 0 Å². The van der Waals surface area contributed by atoms with Crippen LogP contribution < -0.4 is 0 Å². The zero-order valence-corrected chi connectivity index (χ0v) is 19.6. The fourth-order valence-electron chi connectivity index (χ4n) is 4.40. The highest BCUT2D eigenvalue weighted by Crippen LogP contribution is 2.35. The van der Waals surface area contributed by atoms with E-state index in [1.165, 1.54) is 43.4 Å². The first-order valence-electron chi connectivity index (χ1n) is 11.8. The van der Waals surface area contributed by atoms with Gasteiger partial charge in [0.15, 0.2) is 0 Å². The van der Waals surface area contributed by atoms with E-state index in [9.17, 15) is 0 Å². The minimum atomic E-state index is 0.845. The molecule has 0 N–H and O–H groups in total. The number of aliphatic imine (C=N–C) groups is 1. The molecule has 0 unspecified atom stereocenters. The Labute approximate surface area is 185 Å². The van der Waals surface area contributed by atoms with Crippen molar-refractivity contribution in [2.45, 2.75) is 71.1 Å². The molecule has 2 nitrogen and oxygen atoms in total. The van der Waals surface area contributed by atoms with Gasteiger partial charge in [-0.05, 0) is 68.1 Å². The lowest BCUT2D eigenvalue weighted by Gasteiger charge is -2.26. The minimum absolute atomic E-state index is 0.845. The molecule has 0 aromatic heterocycles. The zero-order valence-electron chi connectivity index (χ0n) is 19.6. The van der Waals surface area contributed by atoms with Crippen molar-refractivity contribution in [3.63, 3.8) is 0 Å². The molecule has 1 heterocycles. The second-order valence-corrected chi connectivity index (χ2v) is 8.80. The van der Waals surface area contributed by atoms with Gasteiger partial charge in [0.05, 0.1) is 0 Å². The van der Waals surface area contributed by atoms with Crippen molar-refractivity contribution < 1.29 is 0 Å². The standard InChI is InChI=1S/C15H24N2.C13H18/c1-5-14(16-4)12-15(6-2)17-10-7-8-13(3)9-11-17;1-11-7-9-13(10-8-11)12-5-3-2-4-6-12/h6,12H,2-3,5,7-11H2,1,4H3;2-6,11,13H,7-10H2,1H3/b15-12+,16-14?;. The Morgan fingerprint density at radius 3 is 2.40 bits per heavy atom. The van der Waals surface area contributed by atoms with Crippen molar-refractivity contribution in [3.05, 3.63) is 72.5 Å². The van der Waals surface area contributed by atoms with Crippen molar-refractivity contribution in [3.8, 4) is 0 Å². The van der Waals surface area contributed by atoms with Gasteiger partial charge in [0, 0.05) is 31.5 Å². The quantitative estimate of drug-likeness (QED) is 0.280. The molecule has 164 valence electrons. The topological polar surface area (TPSA) is 15.6 Å². The van der Waals surface area contributed by atoms with Crippen LogP contribution >= 0.6 is 0 Å². The fraction of sp³-hybridized carbons (Fsp3) is 0.536. The van der Waals surface area contributed by atoms with Crippen LogP contribution in [0.4, 0.5) is 0 Å². The van der Waals surface area contributed by atoms with Gasteiger partial charge in [-0.3, -0.25) is 4.99 Å². The maximum Gasteiger partial charge on any atom is 0.0378 e. The van der Waals surface area contributed by atoms with Crippen molar-refractivity contribution in [2.75, 3.05) is 20.1 Å². The van der Waals surface area contributed by atoms with Crippen LogP contribution in [0.3, 0.4) is 0 Å². The number of benzene rings is 1. The van der Waals surface area contributed by atoms with Gasteiger partial charge < -0.3 is 4.90 Å². The molecule has 2 aliphatic rings. The number of likely N-dealkylation sites (tertiary alicyclic amines) is 1. The molecule has 1 aliphatic heterocycles. The predicted molar refractivity (Wildman–Crippen MR) is 133 cm³/mol. The van der Waals surface area contributed by atoms with Crippen LogP contribution in [0.5, 0.6) is 0 Å². The van der Waals surface area contributed by atoms with Crippen molar-refractivity contribution in [1.29, 1.82) is 0 Å². The summed E-state index contributed by atoms with van der Waals surface area (Å²) in [6.07, 6.45) is 14.1. The summed E-state index contributed by atoms with van der Waals surface area (Å²) in [5.41, 5.74) is 5.25. The molecule has 0 amide bonds. The monoisotopic (exact) mass is 406 g/mol. The van der Waals surface area contributed by atoms with Crippen LogP contribution in [0.1, 0.15) is 76.7 Å². The third-order valence-electron chi connectivity index (χ3n) is 6.52. The maximum atomic E-state index is 4.28. The summed E-state index contributed by atoms with van der Waals surface area (Å²) in [5, 5.41) is 0. The molecule has 30 heavy (non-hydrogen) atoms. The summed E-state index contributed by atoms with van der Waals surface area (Å²) >= 11 is 0. The van der Waals surface area contributed by atoms with Gasteiger partial charge >= 0.3 is 0 Å². The van der Waals surface area contributed by atoms with Crippen LogP contribution in [0.2, 0.25) is 0 Å². The van der Waals surface area contributed by atoms with E-state index in [0.717, 1.165) is 49.9 Å². The normalized spacial score (nSPS) is 23.3. The summed E-state index contributed by atoms with van der Waals surface area (Å²) in [4.78, 5) is 6.67. The molecule has 0 radical (unpaired) electrons. The molecule has 1 saturated heterocycles. The highest BCUT2D eigenvalue weighted by molar-refractivity contribution is 5.95. The largest absolute Gasteiger partial charge is 0.371 e. The molecule has 0 bridgehead atoms. The predicted octanol–water partition coefficient (Wildman–Crippen LogP) is 7.56. The highest BCUT2D eigenvalue weighted by Gasteiger charge is 2.19. The summed E-state index contributed by atoms with van der Waals surface area (Å²) in [5.74, 6) is 1.80. The smallest absolute Gasteiger partial charge is 0.0378 e. The van der Waals surface area contributed by atoms with E-state index in [2.05, 4.69) is 73.3 Å². The fourth-order valence-corrected chi connectivity index (χ4v) is 4.40. The molecular weight excluding hydrogens is 364 g/mol. The van der Waals surface area contributed by atoms with E-state index >= 15 is 0 Å². The van der Waals surface area contributed by atoms with E-state index in [1.54, 1.807) is 5.56 Å². The van der Waals surface area contributed by atoms with Crippen LogP contribution in [0, 0.1) is 5.92 Å². The minimum Gasteiger partial charge on any atom is -0.371 e. The Morgan fingerprint density at radius 1 is 1.10 bits per heavy atom. The van der Waals surface area contributed by atoms with Crippen LogP contribution in [-0.2, 0) is 0 Å². The van der Waals surface area contributed by atoms with E-state index < -0.39 is 0 Å². The van der Waals surface area contributed by atoms with E-state index in [4.69, 9.17) is 0 Å². The first-order chi connectivity index (χ1) is 14.6. The lowest BCUT2D eigenvalue weighted by atomic mass is 9.79. The van der Waals surface area contributed by atoms with Gasteiger partial charge in [0.2, 0.25) is 0 Å². The summed E-state index contributed by atoms with van der Waals surface area (Å²) in [6.45, 7) is 14.7. The van der Waals surface area contributed by atoms with E-state index in [0.29, 0.717) is 0 Å². The van der Waals surface area contributed by atoms with Crippen molar-refractivity contribution >= 4 is 5.71 Å². The summed E-state index contributed by atoms with van der Waals surface area (Å²) in [7, 11) is 1.85. The summed E-state index contributed by atoms with van der Waals surface area (Å²) < 4.78 is 0. The number of allylic oxidation sites excluding steroid dienone is 2. The van der Waals surface area contributed by atoms with Gasteiger partial charge in [0.1, 0.15) is 0 Å². The van der Waals surface area contributed by atoms with E-state index in [1.807, 2.05) is 13.1 Å². The second kappa shape index (κ2) is 13.3. The molecule has 1 saturated carbocycles. The van der Waals surface area contributed by atoms with Crippen LogP contribution in [0.25, 0.3) is 0 Å². The molecule has 2 fully saturated rings. The molecular formula is C28H42N2. The molecule has 1 aliphatic carbocycles. The Morgan fingerprint density at radius 2 is 1.80 bits per heavy atom. The van der Waals surface area contributed by atoms with Crippen LogP contribution in [-0.4, -0.2) is 30.7 Å². The summed E-state index contributed by atoms with van der Waals surface area (Å²) in [6, 6.07) is 11.0. The van der Waals surface area contributed by atoms with Gasteiger partial charge in [-0.25, -0.2) is 0 Å². The molecule has 1 aromatic rings. The van der Waals surface area contributed by atoms with Crippen molar-refractivity contribution in [1.82, 2.24) is 4.90 Å². The third-order valence-corrected chi connectivity index (χ3v) is 6.52. The first-order valence-corrected chi connectivity index (χ1v) is 11.8. The molecule has 0 atom stereocenters. The Balaban J connectivity index is 0.000000220. The molecule has 0 spiro atoms. The van der Waals surface area contributed by atoms with Crippen LogP contribution in [0.15, 0.2) is 71.9 Å². The lowest BCUT2D eigenvalue weighted by molar-refractivity contribution is 0.348. The molecule has 1 aromatic carbocycles. The third kappa shape index (κ3) is 7.97. The number of nitrogens with zero attached hydrogens (tertiary/aromatic N) is 2. The zero-order chi connectivity index (χ0) is 21.8. The lowest BCUT2D eigenvalue weighted by Crippen LogP contribution is -2.23. The second-order valence-electron chi connectivity index (χ2n) is 8.80. The van der Waals surface area contributed by atoms with Gasteiger partial charge in [-0.2, -0.15) is 0 Å². The van der Waals surface area contributed by atoms with Gasteiger partial charge in [-0.1, -0.05) is 75.8 Å². The molecule has 3 rings (SSSR count). The van der Waals surface area contributed by atoms with E-state index in [-0.39, 0.29) is 0 Å². The average molecular weight is 407 g/mol. The number of hydrogen-bond donors (Lipinski definition) is 0. The SMILES string of the molecule is C=C/C(=C\C(CC)=NC)N1CCCC(=C)CC1.CC1CCC(c2ccccc2)CC1. The Bertz CT molecular complexity index is 705. The number of hydrogen-bond acceptors (Lipinski definition) is 2. The highest BCUT2D eigenvalue weighted by atomic mass is 15.1.